The summed E-state index contributed by atoms with van der Waals surface area (Å²) in [4.78, 5) is 0. The predicted octanol–water partition coefficient (Wildman–Crippen LogP) is 1.78. The highest BCUT2D eigenvalue weighted by Crippen LogP contribution is 2.26. The van der Waals surface area contributed by atoms with Crippen molar-refractivity contribution in [2.45, 2.75) is 26.7 Å². The molecule has 0 aliphatic rings. The zero-order valence-electron chi connectivity index (χ0n) is 12.7. The molecule has 1 N–H and O–H groups in total. The lowest BCUT2D eigenvalue weighted by molar-refractivity contribution is 0.199. The summed E-state index contributed by atoms with van der Waals surface area (Å²) < 4.78 is 4.99. The molecule has 0 aliphatic carbocycles. The van der Waals surface area contributed by atoms with E-state index >= 15 is 0 Å². The van der Waals surface area contributed by atoms with Gasteiger partial charge in [0.1, 0.15) is 10.0 Å². The van der Waals surface area contributed by atoms with Crippen LogP contribution in [0.15, 0.2) is 6.07 Å². The number of aryl methyl sites for hydroxylation is 3. The van der Waals surface area contributed by atoms with Crippen molar-refractivity contribution in [2.75, 3.05) is 26.8 Å². The molecule has 114 valence electrons. The van der Waals surface area contributed by atoms with Gasteiger partial charge in [0.15, 0.2) is 0 Å². The Kier molecular flexibility index (Phi) is 6.16. The summed E-state index contributed by atoms with van der Waals surface area (Å²) in [5.74, 6) is 0. The van der Waals surface area contributed by atoms with Crippen LogP contribution in [0.4, 0.5) is 0 Å². The maximum Gasteiger partial charge on any atom is 0.149 e. The predicted molar refractivity (Wildman–Crippen MR) is 83.5 cm³/mol. The average Bonchev–Trinajstić information content (AvgIpc) is 2.94. The first-order valence-electron chi connectivity index (χ1n) is 7.04. The maximum atomic E-state index is 4.99. The molecule has 0 aromatic carbocycles. The molecule has 0 atom stereocenters. The van der Waals surface area contributed by atoms with Gasteiger partial charge in [-0.2, -0.15) is 10.2 Å². The van der Waals surface area contributed by atoms with E-state index in [-0.39, 0.29) is 0 Å². The largest absolute Gasteiger partial charge is 0.383 e. The molecular formula is C14H21N5OS. The number of nitrogens with zero attached hydrogens (tertiary/aromatic N) is 4. The third-order valence-electron chi connectivity index (χ3n) is 3.03. The molecule has 0 spiro atoms. The van der Waals surface area contributed by atoms with E-state index in [9.17, 15) is 0 Å². The van der Waals surface area contributed by atoms with E-state index in [4.69, 9.17) is 4.74 Å². The molecular weight excluding hydrogens is 286 g/mol. The minimum Gasteiger partial charge on any atom is -0.383 e. The van der Waals surface area contributed by atoms with Gasteiger partial charge in [-0.15, -0.1) is 10.2 Å². The van der Waals surface area contributed by atoms with E-state index in [1.54, 1.807) is 18.4 Å². The van der Waals surface area contributed by atoms with Crippen LogP contribution in [-0.4, -0.2) is 47.2 Å². The number of ether oxygens (including phenoxy) is 1. The van der Waals surface area contributed by atoms with Gasteiger partial charge in [0, 0.05) is 25.6 Å². The summed E-state index contributed by atoms with van der Waals surface area (Å²) in [7, 11) is 1.71. The molecule has 7 heteroatoms. The van der Waals surface area contributed by atoms with E-state index < -0.39 is 0 Å². The summed E-state index contributed by atoms with van der Waals surface area (Å²) >= 11 is 1.63. The SMILES string of the molecule is COCCNCCCc1nnc(-c2cc(C)nnc2C)s1. The van der Waals surface area contributed by atoms with Gasteiger partial charge in [-0.25, -0.2) is 0 Å². The van der Waals surface area contributed by atoms with E-state index in [0.717, 1.165) is 59.5 Å². The minimum absolute atomic E-state index is 0.747. The summed E-state index contributed by atoms with van der Waals surface area (Å²) in [6.07, 6.45) is 1.99. The third kappa shape index (κ3) is 4.80. The maximum absolute atomic E-state index is 4.99. The van der Waals surface area contributed by atoms with Gasteiger partial charge < -0.3 is 10.1 Å². The Morgan fingerprint density at radius 1 is 1.14 bits per heavy atom. The normalized spacial score (nSPS) is 11.0. The lowest BCUT2D eigenvalue weighted by Crippen LogP contribution is -2.20. The molecule has 2 aromatic heterocycles. The molecule has 6 nitrogen and oxygen atoms in total. The van der Waals surface area contributed by atoms with Crippen LogP contribution in [0.3, 0.4) is 0 Å². The number of hydrogen-bond acceptors (Lipinski definition) is 7. The van der Waals surface area contributed by atoms with Crippen molar-refractivity contribution in [1.29, 1.82) is 0 Å². The zero-order chi connectivity index (χ0) is 15.1. The van der Waals surface area contributed by atoms with Crippen molar-refractivity contribution in [1.82, 2.24) is 25.7 Å². The molecule has 0 unspecified atom stereocenters. The van der Waals surface area contributed by atoms with Crippen LogP contribution in [0, 0.1) is 13.8 Å². The summed E-state index contributed by atoms with van der Waals surface area (Å²) in [5, 5.41) is 22.0. The molecule has 2 aromatic rings. The number of rotatable bonds is 8. The molecule has 2 rings (SSSR count). The highest BCUT2D eigenvalue weighted by molar-refractivity contribution is 7.14. The van der Waals surface area contributed by atoms with Crippen LogP contribution in [0.2, 0.25) is 0 Å². The van der Waals surface area contributed by atoms with Gasteiger partial charge in [0.25, 0.3) is 0 Å². The van der Waals surface area contributed by atoms with Gasteiger partial charge in [0.05, 0.1) is 18.0 Å². The molecule has 0 radical (unpaired) electrons. The van der Waals surface area contributed by atoms with Crippen LogP contribution in [0.1, 0.15) is 22.8 Å². The first-order valence-corrected chi connectivity index (χ1v) is 7.85. The Hall–Kier alpha value is -1.44. The first kappa shape index (κ1) is 15.9. The van der Waals surface area contributed by atoms with Crippen molar-refractivity contribution in [3.8, 4) is 10.6 Å². The number of nitrogens with one attached hydrogen (secondary N) is 1. The fraction of sp³-hybridized carbons (Fsp3) is 0.571. The van der Waals surface area contributed by atoms with Crippen LogP contribution in [0.25, 0.3) is 10.6 Å². The lowest BCUT2D eigenvalue weighted by atomic mass is 10.2. The highest BCUT2D eigenvalue weighted by atomic mass is 32.1. The Bertz CT molecular complexity index is 572. The second kappa shape index (κ2) is 8.11. The van der Waals surface area contributed by atoms with E-state index in [1.807, 2.05) is 19.9 Å². The molecule has 0 fully saturated rings. The molecule has 0 aliphatic heterocycles. The Morgan fingerprint density at radius 2 is 2.00 bits per heavy atom. The Morgan fingerprint density at radius 3 is 2.81 bits per heavy atom. The molecule has 0 saturated heterocycles. The van der Waals surface area contributed by atoms with Crippen LogP contribution in [0.5, 0.6) is 0 Å². The van der Waals surface area contributed by atoms with E-state index in [1.165, 1.54) is 0 Å². The number of methoxy groups -OCH3 is 1. The van der Waals surface area contributed by atoms with E-state index in [0.29, 0.717) is 0 Å². The standard InChI is InChI=1S/C14H21N5OS/c1-10-9-12(11(2)17-16-10)14-19-18-13(21-14)5-4-6-15-7-8-20-3/h9,15H,4-8H2,1-3H3. The molecule has 0 saturated carbocycles. The summed E-state index contributed by atoms with van der Waals surface area (Å²) in [5.41, 5.74) is 2.82. The van der Waals surface area contributed by atoms with Gasteiger partial charge in [0.2, 0.25) is 0 Å². The fourth-order valence-corrected chi connectivity index (χ4v) is 2.84. The van der Waals surface area contributed by atoms with Crippen molar-refractivity contribution in [3.63, 3.8) is 0 Å². The van der Waals surface area contributed by atoms with Crippen molar-refractivity contribution in [3.05, 3.63) is 22.5 Å². The van der Waals surface area contributed by atoms with Gasteiger partial charge in [-0.3, -0.25) is 0 Å². The van der Waals surface area contributed by atoms with Crippen molar-refractivity contribution < 1.29 is 4.74 Å². The van der Waals surface area contributed by atoms with E-state index in [2.05, 4.69) is 25.7 Å². The zero-order valence-corrected chi connectivity index (χ0v) is 13.5. The molecule has 2 heterocycles. The van der Waals surface area contributed by atoms with Crippen molar-refractivity contribution in [2.24, 2.45) is 0 Å². The van der Waals surface area contributed by atoms with Crippen LogP contribution >= 0.6 is 11.3 Å². The lowest BCUT2D eigenvalue weighted by Gasteiger charge is -2.02. The highest BCUT2D eigenvalue weighted by Gasteiger charge is 2.10. The van der Waals surface area contributed by atoms with Crippen LogP contribution in [-0.2, 0) is 11.2 Å². The quantitative estimate of drug-likeness (QED) is 0.750. The summed E-state index contributed by atoms with van der Waals surface area (Å²) in [6, 6.07) is 2.01. The molecule has 0 amide bonds. The number of aromatic nitrogens is 4. The topological polar surface area (TPSA) is 72.8 Å². The van der Waals surface area contributed by atoms with Crippen LogP contribution < -0.4 is 5.32 Å². The summed E-state index contributed by atoms with van der Waals surface area (Å²) in [6.45, 7) is 6.48. The molecule has 0 bridgehead atoms. The monoisotopic (exact) mass is 307 g/mol. The third-order valence-corrected chi connectivity index (χ3v) is 4.04. The average molecular weight is 307 g/mol. The first-order chi connectivity index (χ1) is 10.2. The van der Waals surface area contributed by atoms with Crippen molar-refractivity contribution >= 4 is 11.3 Å². The van der Waals surface area contributed by atoms with Gasteiger partial charge in [-0.1, -0.05) is 11.3 Å². The second-order valence-corrected chi connectivity index (χ2v) is 5.89. The second-order valence-electron chi connectivity index (χ2n) is 4.83. The Labute approximate surface area is 129 Å². The minimum atomic E-state index is 0.747. The van der Waals surface area contributed by atoms with Gasteiger partial charge in [-0.05, 0) is 32.9 Å². The fourth-order valence-electron chi connectivity index (χ4n) is 1.89. The van der Waals surface area contributed by atoms with Gasteiger partial charge >= 0.3 is 0 Å². The Balaban J connectivity index is 1.88. The smallest absolute Gasteiger partial charge is 0.149 e. The molecule has 21 heavy (non-hydrogen) atoms. The number of hydrogen-bond donors (Lipinski definition) is 1.